The lowest BCUT2D eigenvalue weighted by Crippen LogP contribution is -2.01. The van der Waals surface area contributed by atoms with Crippen molar-refractivity contribution in [2.75, 3.05) is 19.8 Å². The molecule has 1 heterocycles. The minimum Gasteiger partial charge on any atom is -0.490 e. The number of fused-ring (bicyclic) bond motifs is 1. The van der Waals surface area contributed by atoms with E-state index in [1.54, 1.807) is 11.3 Å². The molecule has 18 heavy (non-hydrogen) atoms. The Hall–Kier alpha value is -1.33. The molecule has 0 aliphatic rings. The summed E-state index contributed by atoms with van der Waals surface area (Å²) in [5, 5.41) is 1.06. The van der Waals surface area contributed by atoms with E-state index in [0.29, 0.717) is 19.8 Å². The smallest absolute Gasteiger partial charge is 0.163 e. The molecule has 0 bridgehead atoms. The van der Waals surface area contributed by atoms with Crippen LogP contribution in [0.25, 0.3) is 10.2 Å². The second-order valence-electron chi connectivity index (χ2n) is 3.78. The zero-order chi connectivity index (χ0) is 13.0. The van der Waals surface area contributed by atoms with E-state index in [1.165, 1.54) is 0 Å². The summed E-state index contributed by atoms with van der Waals surface area (Å²) in [5.74, 6) is 1.55. The fourth-order valence-corrected chi connectivity index (χ4v) is 2.74. The van der Waals surface area contributed by atoms with Crippen molar-refractivity contribution < 1.29 is 9.47 Å². The van der Waals surface area contributed by atoms with Crippen LogP contribution in [0.2, 0.25) is 0 Å². The van der Waals surface area contributed by atoms with E-state index < -0.39 is 0 Å². The van der Waals surface area contributed by atoms with Gasteiger partial charge in [0.2, 0.25) is 0 Å². The third-order valence-electron chi connectivity index (χ3n) is 2.46. The molecule has 0 aliphatic heterocycles. The van der Waals surface area contributed by atoms with Crippen LogP contribution in [0.5, 0.6) is 11.5 Å². The quantitative estimate of drug-likeness (QED) is 0.873. The average molecular weight is 266 g/mol. The van der Waals surface area contributed by atoms with Crippen LogP contribution >= 0.6 is 11.3 Å². The molecule has 0 unspecified atom stereocenters. The van der Waals surface area contributed by atoms with Crippen LogP contribution in [0.4, 0.5) is 0 Å². The molecule has 2 N–H and O–H groups in total. The fourth-order valence-electron chi connectivity index (χ4n) is 1.75. The molecular weight excluding hydrogens is 248 g/mol. The first-order valence-electron chi connectivity index (χ1n) is 6.17. The van der Waals surface area contributed by atoms with Crippen LogP contribution in [0.1, 0.15) is 18.9 Å². The summed E-state index contributed by atoms with van der Waals surface area (Å²) < 4.78 is 12.3. The monoisotopic (exact) mass is 266 g/mol. The van der Waals surface area contributed by atoms with E-state index in [4.69, 9.17) is 15.2 Å². The molecule has 1 aromatic carbocycles. The van der Waals surface area contributed by atoms with Gasteiger partial charge in [-0.2, -0.15) is 0 Å². The Balaban J connectivity index is 2.43. The van der Waals surface area contributed by atoms with Gasteiger partial charge in [0.25, 0.3) is 0 Å². The lowest BCUT2D eigenvalue weighted by atomic mass is 10.3. The zero-order valence-electron chi connectivity index (χ0n) is 10.7. The van der Waals surface area contributed by atoms with E-state index in [2.05, 4.69) is 4.98 Å². The van der Waals surface area contributed by atoms with Crippen LogP contribution in [0.3, 0.4) is 0 Å². The first kappa shape index (κ1) is 13.1. The predicted molar refractivity (Wildman–Crippen MR) is 74.7 cm³/mol. The lowest BCUT2D eigenvalue weighted by molar-refractivity contribution is 0.288. The molecule has 0 saturated heterocycles. The summed E-state index contributed by atoms with van der Waals surface area (Å²) >= 11 is 1.66. The van der Waals surface area contributed by atoms with Gasteiger partial charge in [0.1, 0.15) is 0 Å². The molecule has 0 aliphatic carbocycles. The van der Waals surface area contributed by atoms with Gasteiger partial charge in [0.05, 0.1) is 28.4 Å². The zero-order valence-corrected chi connectivity index (χ0v) is 11.5. The summed E-state index contributed by atoms with van der Waals surface area (Å²) in [6.45, 7) is 5.79. The van der Waals surface area contributed by atoms with E-state index in [-0.39, 0.29) is 0 Å². The Morgan fingerprint density at radius 3 is 2.44 bits per heavy atom. The van der Waals surface area contributed by atoms with Crippen molar-refractivity contribution in [3.63, 3.8) is 0 Å². The molecule has 0 fully saturated rings. The Labute approximate surface area is 111 Å². The Morgan fingerprint density at radius 1 is 1.17 bits per heavy atom. The van der Waals surface area contributed by atoms with Gasteiger partial charge in [-0.1, -0.05) is 0 Å². The molecule has 98 valence electrons. The molecular formula is C13H18N2O2S. The van der Waals surface area contributed by atoms with Gasteiger partial charge in [-0.3, -0.25) is 0 Å². The van der Waals surface area contributed by atoms with Crippen molar-refractivity contribution in [2.45, 2.75) is 20.3 Å². The van der Waals surface area contributed by atoms with Gasteiger partial charge >= 0.3 is 0 Å². The average Bonchev–Trinajstić information content (AvgIpc) is 2.72. The molecule has 4 nitrogen and oxygen atoms in total. The molecule has 0 atom stereocenters. The topological polar surface area (TPSA) is 57.4 Å². The predicted octanol–water partition coefficient (Wildman–Crippen LogP) is 2.59. The number of nitrogens with zero attached hydrogens (tertiary/aromatic N) is 1. The van der Waals surface area contributed by atoms with Crippen molar-refractivity contribution in [2.24, 2.45) is 5.73 Å². The summed E-state index contributed by atoms with van der Waals surface area (Å²) in [4.78, 5) is 4.55. The third-order valence-corrected chi connectivity index (χ3v) is 3.53. The highest BCUT2D eigenvalue weighted by molar-refractivity contribution is 7.18. The molecule has 2 rings (SSSR count). The van der Waals surface area contributed by atoms with Crippen LogP contribution in [0, 0.1) is 0 Å². The maximum atomic E-state index is 5.60. The molecule has 1 aromatic heterocycles. The van der Waals surface area contributed by atoms with Gasteiger partial charge < -0.3 is 15.2 Å². The summed E-state index contributed by atoms with van der Waals surface area (Å²) in [5.41, 5.74) is 6.51. The van der Waals surface area contributed by atoms with Crippen molar-refractivity contribution in [3.05, 3.63) is 17.1 Å². The number of benzene rings is 1. The van der Waals surface area contributed by atoms with Gasteiger partial charge in [-0.05, 0) is 20.4 Å². The van der Waals surface area contributed by atoms with Gasteiger partial charge in [-0.25, -0.2) is 4.98 Å². The largest absolute Gasteiger partial charge is 0.490 e. The molecule has 5 heteroatoms. The Bertz CT molecular complexity index is 482. The number of hydrogen-bond donors (Lipinski definition) is 1. The first-order chi connectivity index (χ1) is 8.78. The van der Waals surface area contributed by atoms with Crippen LogP contribution < -0.4 is 15.2 Å². The molecule has 0 spiro atoms. The first-order valence-corrected chi connectivity index (χ1v) is 6.99. The highest BCUT2D eigenvalue weighted by atomic mass is 32.1. The van der Waals surface area contributed by atoms with E-state index in [1.807, 2.05) is 26.0 Å². The number of nitrogens with two attached hydrogens (primary N) is 1. The van der Waals surface area contributed by atoms with Crippen molar-refractivity contribution in [1.82, 2.24) is 4.98 Å². The summed E-state index contributed by atoms with van der Waals surface area (Å²) in [6, 6.07) is 3.95. The van der Waals surface area contributed by atoms with Crippen LogP contribution in [-0.4, -0.2) is 24.7 Å². The summed E-state index contributed by atoms with van der Waals surface area (Å²) in [7, 11) is 0. The third kappa shape index (κ3) is 2.73. The standard InChI is InChI=1S/C13H18N2O2S/c1-3-16-10-7-9-12(8-11(10)17-4-2)18-13(15-9)5-6-14/h7-8H,3-6,14H2,1-2H3. The Kier molecular flexibility index (Phi) is 4.38. The van der Waals surface area contributed by atoms with Gasteiger partial charge in [-0.15, -0.1) is 11.3 Å². The number of ether oxygens (including phenoxy) is 2. The van der Waals surface area contributed by atoms with Crippen LogP contribution in [-0.2, 0) is 6.42 Å². The normalized spacial score (nSPS) is 10.8. The maximum absolute atomic E-state index is 5.60. The van der Waals surface area contributed by atoms with Gasteiger partial charge in [0, 0.05) is 18.6 Å². The second kappa shape index (κ2) is 6.02. The van der Waals surface area contributed by atoms with E-state index >= 15 is 0 Å². The van der Waals surface area contributed by atoms with Crippen LogP contribution in [0.15, 0.2) is 12.1 Å². The summed E-state index contributed by atoms with van der Waals surface area (Å²) in [6.07, 6.45) is 0.813. The number of thiazole rings is 1. The van der Waals surface area contributed by atoms with Crippen molar-refractivity contribution in [1.29, 1.82) is 0 Å². The lowest BCUT2D eigenvalue weighted by Gasteiger charge is -2.10. The van der Waals surface area contributed by atoms with Gasteiger partial charge in [0.15, 0.2) is 11.5 Å². The van der Waals surface area contributed by atoms with E-state index in [0.717, 1.165) is 33.1 Å². The highest BCUT2D eigenvalue weighted by Crippen LogP contribution is 2.35. The Morgan fingerprint density at radius 2 is 1.83 bits per heavy atom. The minimum absolute atomic E-state index is 0.616. The van der Waals surface area contributed by atoms with Crippen molar-refractivity contribution >= 4 is 21.6 Å². The molecule has 2 aromatic rings. The second-order valence-corrected chi connectivity index (χ2v) is 4.89. The molecule has 0 amide bonds. The minimum atomic E-state index is 0.616. The molecule has 0 radical (unpaired) electrons. The van der Waals surface area contributed by atoms with Crippen molar-refractivity contribution in [3.8, 4) is 11.5 Å². The number of aromatic nitrogens is 1. The van der Waals surface area contributed by atoms with E-state index in [9.17, 15) is 0 Å². The highest BCUT2D eigenvalue weighted by Gasteiger charge is 2.11. The fraction of sp³-hybridized carbons (Fsp3) is 0.462. The number of rotatable bonds is 6. The number of hydrogen-bond acceptors (Lipinski definition) is 5. The maximum Gasteiger partial charge on any atom is 0.163 e. The molecule has 0 saturated carbocycles. The SMILES string of the molecule is CCOc1cc2nc(CCN)sc2cc1OCC.